The normalized spacial score (nSPS) is 19.0. The van der Waals surface area contributed by atoms with Gasteiger partial charge in [-0.25, -0.2) is 9.48 Å². The summed E-state index contributed by atoms with van der Waals surface area (Å²) in [5.41, 5.74) is 2.96. The van der Waals surface area contributed by atoms with Crippen LogP contribution in [-0.4, -0.2) is 63.0 Å². The van der Waals surface area contributed by atoms with Crippen LogP contribution in [0.25, 0.3) is 0 Å². The van der Waals surface area contributed by atoms with Crippen molar-refractivity contribution >= 4 is 11.9 Å². The summed E-state index contributed by atoms with van der Waals surface area (Å²) in [5.74, 6) is -0.569. The summed E-state index contributed by atoms with van der Waals surface area (Å²) in [4.78, 5) is 20.0. The Morgan fingerprint density at radius 1 is 1.12 bits per heavy atom. The zero-order chi connectivity index (χ0) is 17.4. The van der Waals surface area contributed by atoms with Gasteiger partial charge in [-0.3, -0.25) is 4.90 Å². The number of fused-ring (bicyclic) bond motifs is 1. The smallest absolute Gasteiger partial charge is 0.375 e. The lowest BCUT2D eigenvalue weighted by Gasteiger charge is -2.27. The van der Waals surface area contributed by atoms with E-state index < -0.39 is 5.97 Å². The molecule has 2 aromatic rings. The van der Waals surface area contributed by atoms with Gasteiger partial charge in [-0.2, -0.15) is 4.98 Å². The molecule has 4 rings (SSSR count). The largest absolute Gasteiger partial charge is 0.475 e. The highest BCUT2D eigenvalue weighted by Crippen LogP contribution is 2.26. The first-order chi connectivity index (χ1) is 12.1. The standard InChI is InChI=1S/C18H23N5O2/c1-21-18(19-16(20-21)17(24)25)23-8-4-7-22(9-10-23)15-11-13-5-2-3-6-14(13)12-15/h2-3,5-6,15H,4,7-12H2,1H3,(H,24,25). The van der Waals surface area contributed by atoms with Gasteiger partial charge in [0.25, 0.3) is 5.82 Å². The Bertz CT molecular complexity index is 763. The maximum atomic E-state index is 11.1. The molecule has 25 heavy (non-hydrogen) atoms. The van der Waals surface area contributed by atoms with E-state index in [4.69, 9.17) is 5.11 Å². The van der Waals surface area contributed by atoms with Crippen LogP contribution in [0.15, 0.2) is 24.3 Å². The van der Waals surface area contributed by atoms with Crippen molar-refractivity contribution in [2.75, 3.05) is 31.1 Å². The van der Waals surface area contributed by atoms with Crippen molar-refractivity contribution in [3.63, 3.8) is 0 Å². The van der Waals surface area contributed by atoms with Crippen LogP contribution in [0, 0.1) is 0 Å². The molecule has 1 N–H and O–H groups in total. The molecule has 0 bridgehead atoms. The summed E-state index contributed by atoms with van der Waals surface area (Å²) in [7, 11) is 1.76. The van der Waals surface area contributed by atoms with E-state index in [1.54, 1.807) is 11.7 Å². The number of aryl methyl sites for hydroxylation is 1. The Morgan fingerprint density at radius 3 is 2.48 bits per heavy atom. The lowest BCUT2D eigenvalue weighted by Crippen LogP contribution is -2.39. The van der Waals surface area contributed by atoms with Gasteiger partial charge in [0.1, 0.15) is 0 Å². The summed E-state index contributed by atoms with van der Waals surface area (Å²) >= 11 is 0. The first-order valence-electron chi connectivity index (χ1n) is 8.82. The topological polar surface area (TPSA) is 74.5 Å². The molecule has 1 saturated heterocycles. The van der Waals surface area contributed by atoms with Gasteiger partial charge in [0.05, 0.1) is 0 Å². The molecule has 2 aliphatic rings. The molecule has 7 nitrogen and oxygen atoms in total. The van der Waals surface area contributed by atoms with Crippen LogP contribution < -0.4 is 4.90 Å². The fourth-order valence-corrected chi connectivity index (χ4v) is 4.04. The maximum absolute atomic E-state index is 11.1. The molecule has 0 saturated carbocycles. The third-order valence-electron chi connectivity index (χ3n) is 5.29. The molecular formula is C18H23N5O2. The molecule has 0 unspecified atom stereocenters. The number of aromatic nitrogens is 3. The molecule has 132 valence electrons. The molecule has 0 amide bonds. The van der Waals surface area contributed by atoms with Crippen molar-refractivity contribution in [3.8, 4) is 0 Å². The quantitative estimate of drug-likeness (QED) is 0.904. The molecule has 0 radical (unpaired) electrons. The van der Waals surface area contributed by atoms with Crippen LogP contribution in [0.4, 0.5) is 5.95 Å². The maximum Gasteiger partial charge on any atom is 0.375 e. The number of rotatable bonds is 3. The van der Waals surface area contributed by atoms with E-state index in [0.717, 1.165) is 45.4 Å². The predicted molar refractivity (Wildman–Crippen MR) is 94.0 cm³/mol. The number of anilines is 1. The number of carboxylic acid groups (broad SMARTS) is 1. The van der Waals surface area contributed by atoms with Crippen molar-refractivity contribution in [2.24, 2.45) is 7.05 Å². The first-order valence-corrected chi connectivity index (χ1v) is 8.82. The van der Waals surface area contributed by atoms with Crippen molar-refractivity contribution in [2.45, 2.75) is 25.3 Å². The van der Waals surface area contributed by atoms with Crippen molar-refractivity contribution in [1.82, 2.24) is 19.7 Å². The molecule has 1 aromatic heterocycles. The van der Waals surface area contributed by atoms with Crippen LogP contribution >= 0.6 is 0 Å². The van der Waals surface area contributed by atoms with Crippen LogP contribution in [-0.2, 0) is 19.9 Å². The van der Waals surface area contributed by atoms with E-state index in [1.165, 1.54) is 11.1 Å². The Hall–Kier alpha value is -2.41. The molecule has 1 aliphatic heterocycles. The monoisotopic (exact) mass is 341 g/mol. The average molecular weight is 341 g/mol. The molecule has 0 spiro atoms. The van der Waals surface area contributed by atoms with Crippen molar-refractivity contribution in [3.05, 3.63) is 41.2 Å². The number of nitrogens with zero attached hydrogens (tertiary/aromatic N) is 5. The Kier molecular flexibility index (Phi) is 4.17. The van der Waals surface area contributed by atoms with E-state index in [1.807, 2.05) is 0 Å². The molecule has 1 aliphatic carbocycles. The highest BCUT2D eigenvalue weighted by Gasteiger charge is 2.29. The number of benzene rings is 1. The van der Waals surface area contributed by atoms with Crippen molar-refractivity contribution < 1.29 is 9.90 Å². The summed E-state index contributed by atoms with van der Waals surface area (Å²) in [6.45, 7) is 3.76. The third-order valence-corrected chi connectivity index (χ3v) is 5.29. The number of aromatic carboxylic acids is 1. The average Bonchev–Trinajstić information content (AvgIpc) is 3.11. The van der Waals surface area contributed by atoms with Crippen LogP contribution in [0.2, 0.25) is 0 Å². The number of hydrogen-bond donors (Lipinski definition) is 1. The third kappa shape index (κ3) is 3.11. The molecular weight excluding hydrogens is 318 g/mol. The second-order valence-corrected chi connectivity index (χ2v) is 6.87. The van der Waals surface area contributed by atoms with Crippen LogP contribution in [0.5, 0.6) is 0 Å². The minimum Gasteiger partial charge on any atom is -0.475 e. The highest BCUT2D eigenvalue weighted by molar-refractivity contribution is 5.83. The van der Waals surface area contributed by atoms with Gasteiger partial charge in [-0.15, -0.1) is 5.10 Å². The second-order valence-electron chi connectivity index (χ2n) is 6.87. The van der Waals surface area contributed by atoms with Gasteiger partial charge >= 0.3 is 5.97 Å². The lowest BCUT2D eigenvalue weighted by atomic mass is 10.1. The van der Waals surface area contributed by atoms with Gasteiger partial charge in [0, 0.05) is 39.3 Å². The molecule has 2 heterocycles. The highest BCUT2D eigenvalue weighted by atomic mass is 16.4. The number of carboxylic acids is 1. The van der Waals surface area contributed by atoms with Crippen LogP contribution in [0.3, 0.4) is 0 Å². The molecule has 1 aromatic carbocycles. The predicted octanol–water partition coefficient (Wildman–Crippen LogP) is 1.19. The zero-order valence-corrected chi connectivity index (χ0v) is 14.4. The van der Waals surface area contributed by atoms with Crippen molar-refractivity contribution in [1.29, 1.82) is 0 Å². The van der Waals surface area contributed by atoms with Gasteiger partial charge < -0.3 is 10.0 Å². The zero-order valence-electron chi connectivity index (χ0n) is 14.4. The number of carbonyl (C=O) groups is 1. The van der Waals surface area contributed by atoms with Crippen LogP contribution in [0.1, 0.15) is 28.2 Å². The summed E-state index contributed by atoms with van der Waals surface area (Å²) in [6, 6.07) is 9.31. The van der Waals surface area contributed by atoms with Gasteiger partial charge in [-0.1, -0.05) is 24.3 Å². The summed E-state index contributed by atoms with van der Waals surface area (Å²) < 4.78 is 1.57. The fraction of sp³-hybridized carbons (Fsp3) is 0.500. The van der Waals surface area contributed by atoms with E-state index in [2.05, 4.69) is 44.1 Å². The Morgan fingerprint density at radius 2 is 1.84 bits per heavy atom. The Labute approximate surface area is 146 Å². The lowest BCUT2D eigenvalue weighted by molar-refractivity contribution is 0.0683. The van der Waals surface area contributed by atoms with E-state index in [9.17, 15) is 4.79 Å². The fourth-order valence-electron chi connectivity index (χ4n) is 4.04. The van der Waals surface area contributed by atoms with E-state index in [0.29, 0.717) is 12.0 Å². The van der Waals surface area contributed by atoms with Gasteiger partial charge in [0.15, 0.2) is 0 Å². The molecule has 0 atom stereocenters. The van der Waals surface area contributed by atoms with Gasteiger partial charge in [0.2, 0.25) is 5.95 Å². The summed E-state index contributed by atoms with van der Waals surface area (Å²) in [6.07, 6.45) is 3.30. The summed E-state index contributed by atoms with van der Waals surface area (Å²) in [5, 5.41) is 13.1. The van der Waals surface area contributed by atoms with E-state index >= 15 is 0 Å². The number of hydrogen-bond acceptors (Lipinski definition) is 5. The molecule has 1 fully saturated rings. The Balaban J connectivity index is 1.44. The SMILES string of the molecule is Cn1nc(C(=O)O)nc1N1CCCN(C2Cc3ccccc3C2)CC1. The minimum absolute atomic E-state index is 0.134. The minimum atomic E-state index is -1.08. The second kappa shape index (κ2) is 6.48. The first kappa shape index (κ1) is 16.1. The van der Waals surface area contributed by atoms with E-state index in [-0.39, 0.29) is 5.82 Å². The van der Waals surface area contributed by atoms with Gasteiger partial charge in [-0.05, 0) is 30.4 Å². The molecule has 7 heteroatoms.